The summed E-state index contributed by atoms with van der Waals surface area (Å²) in [6.45, 7) is 0. The number of alkyl halides is 3. The Balaban J connectivity index is 1.77. The number of fused-ring (bicyclic) bond motifs is 1. The molecule has 1 aromatic carbocycles. The molecular weight excluding hydrogens is 424 g/mol. The number of halogens is 5. The highest BCUT2D eigenvalue weighted by atomic mass is 35.5. The second-order valence-corrected chi connectivity index (χ2v) is 6.91. The molecule has 0 saturated heterocycles. The molecule has 154 valence electrons. The molecule has 3 aromatic heterocycles. The molecule has 0 bridgehead atoms. The van der Waals surface area contributed by atoms with E-state index in [9.17, 15) is 17.6 Å². The van der Waals surface area contributed by atoms with Crippen LogP contribution in [0.25, 0.3) is 22.2 Å². The average molecular weight is 437 g/mol. The number of nitrogen functional groups attached to an aromatic ring is 2. The topological polar surface area (TPSA) is 106 Å². The van der Waals surface area contributed by atoms with Crippen molar-refractivity contribution < 1.29 is 17.6 Å². The lowest BCUT2D eigenvalue weighted by molar-refractivity contribution is -0.140. The zero-order chi connectivity index (χ0) is 21.6. The van der Waals surface area contributed by atoms with E-state index in [0.717, 1.165) is 6.07 Å². The number of nitrogens with two attached hydrogens (primary N) is 2. The fourth-order valence-corrected chi connectivity index (χ4v) is 3.53. The van der Waals surface area contributed by atoms with E-state index >= 15 is 0 Å². The van der Waals surface area contributed by atoms with Crippen molar-refractivity contribution in [3.63, 3.8) is 0 Å². The van der Waals surface area contributed by atoms with Crippen LogP contribution in [0, 0.1) is 5.82 Å². The van der Waals surface area contributed by atoms with Crippen LogP contribution in [0.15, 0.2) is 36.7 Å². The first-order valence-electron chi connectivity index (χ1n) is 8.54. The van der Waals surface area contributed by atoms with Gasteiger partial charge in [0.2, 0.25) is 5.95 Å². The van der Waals surface area contributed by atoms with E-state index < -0.39 is 35.0 Å². The van der Waals surface area contributed by atoms with Gasteiger partial charge in [-0.1, -0.05) is 23.7 Å². The Morgan fingerprint density at radius 2 is 1.83 bits per heavy atom. The number of hydrogen-bond donors (Lipinski definition) is 3. The largest absolute Gasteiger partial charge is 0.434 e. The molecular formula is C19H13ClF4N6. The molecule has 4 aromatic rings. The predicted molar refractivity (Wildman–Crippen MR) is 105 cm³/mol. The fourth-order valence-electron chi connectivity index (χ4n) is 3.27. The van der Waals surface area contributed by atoms with Gasteiger partial charge >= 0.3 is 6.18 Å². The fraction of sp³-hybridized carbons (Fsp3) is 0.105. The van der Waals surface area contributed by atoms with Crippen molar-refractivity contribution in [2.75, 3.05) is 11.5 Å². The summed E-state index contributed by atoms with van der Waals surface area (Å²) in [5, 5.41) is 1.09. The van der Waals surface area contributed by atoms with Crippen molar-refractivity contribution in [1.29, 1.82) is 0 Å². The third-order valence-corrected chi connectivity index (χ3v) is 4.86. The first kappa shape index (κ1) is 19.9. The van der Waals surface area contributed by atoms with Gasteiger partial charge in [-0.05, 0) is 28.8 Å². The van der Waals surface area contributed by atoms with E-state index in [2.05, 4.69) is 19.9 Å². The minimum Gasteiger partial charge on any atom is -0.383 e. The molecule has 4 rings (SSSR count). The zero-order valence-electron chi connectivity index (χ0n) is 15.1. The SMILES string of the molecule is Nc1nc(N)c(-c2ccc(Cc3ccnc4[nH]cc(Cl)c34)c(F)c2)c(C(F)(F)F)n1. The van der Waals surface area contributed by atoms with Gasteiger partial charge in [-0.3, -0.25) is 0 Å². The standard InChI is InChI=1S/C19H13ClF4N6/c20-11-7-28-17-13(11)10(3-4-27-17)5-8-1-2-9(6-12(8)21)14-15(19(22,23)24)29-18(26)30-16(14)25/h1-4,6-7H,5H2,(H,27,28)(H4,25,26,29,30). The van der Waals surface area contributed by atoms with Gasteiger partial charge in [-0.2, -0.15) is 18.2 Å². The number of nitrogens with one attached hydrogen (secondary N) is 1. The predicted octanol–water partition coefficient (Wildman–Crippen LogP) is 4.59. The summed E-state index contributed by atoms with van der Waals surface area (Å²) in [5.74, 6) is -1.82. The summed E-state index contributed by atoms with van der Waals surface area (Å²) in [4.78, 5) is 13.9. The molecule has 0 aliphatic heterocycles. The maximum absolute atomic E-state index is 14.8. The van der Waals surface area contributed by atoms with Gasteiger partial charge < -0.3 is 16.5 Å². The zero-order valence-corrected chi connectivity index (χ0v) is 15.8. The number of nitrogens with zero attached hydrogens (tertiary/aromatic N) is 3. The highest BCUT2D eigenvalue weighted by Crippen LogP contribution is 2.39. The number of aromatic amines is 1. The second-order valence-electron chi connectivity index (χ2n) is 6.50. The van der Waals surface area contributed by atoms with Crippen molar-refractivity contribution in [2.24, 2.45) is 0 Å². The Kier molecular flexibility index (Phi) is 4.73. The van der Waals surface area contributed by atoms with Crippen LogP contribution in [0.4, 0.5) is 29.3 Å². The molecule has 0 spiro atoms. The van der Waals surface area contributed by atoms with Gasteiger partial charge in [-0.25, -0.2) is 14.4 Å². The van der Waals surface area contributed by atoms with Crippen LogP contribution in [0.5, 0.6) is 0 Å². The molecule has 0 amide bonds. The number of rotatable bonds is 3. The lowest BCUT2D eigenvalue weighted by Gasteiger charge is -2.15. The summed E-state index contributed by atoms with van der Waals surface area (Å²) < 4.78 is 55.0. The maximum Gasteiger partial charge on any atom is 0.434 e. The van der Waals surface area contributed by atoms with E-state index in [4.69, 9.17) is 23.1 Å². The van der Waals surface area contributed by atoms with Gasteiger partial charge in [-0.15, -0.1) is 0 Å². The van der Waals surface area contributed by atoms with Crippen LogP contribution in [-0.4, -0.2) is 19.9 Å². The molecule has 0 aliphatic rings. The minimum atomic E-state index is -4.84. The summed E-state index contributed by atoms with van der Waals surface area (Å²) in [6.07, 6.45) is -1.56. The third kappa shape index (κ3) is 3.50. The smallest absolute Gasteiger partial charge is 0.383 e. The lowest BCUT2D eigenvalue weighted by Crippen LogP contribution is -2.15. The molecule has 5 N–H and O–H groups in total. The normalized spacial score (nSPS) is 11.9. The minimum absolute atomic E-state index is 0.111. The Bertz CT molecular complexity index is 1270. The van der Waals surface area contributed by atoms with Crippen molar-refractivity contribution in [2.45, 2.75) is 12.6 Å². The second kappa shape index (κ2) is 7.13. The third-order valence-electron chi connectivity index (χ3n) is 4.56. The van der Waals surface area contributed by atoms with Crippen LogP contribution >= 0.6 is 11.6 Å². The van der Waals surface area contributed by atoms with Crippen molar-refractivity contribution in [1.82, 2.24) is 19.9 Å². The van der Waals surface area contributed by atoms with Gasteiger partial charge in [0.1, 0.15) is 17.3 Å². The molecule has 0 fully saturated rings. The summed E-state index contributed by atoms with van der Waals surface area (Å²) >= 11 is 6.17. The molecule has 30 heavy (non-hydrogen) atoms. The van der Waals surface area contributed by atoms with Crippen LogP contribution in [-0.2, 0) is 12.6 Å². The molecule has 0 aliphatic carbocycles. The van der Waals surface area contributed by atoms with Crippen molar-refractivity contribution in [3.8, 4) is 11.1 Å². The van der Waals surface area contributed by atoms with E-state index in [0.29, 0.717) is 21.6 Å². The highest BCUT2D eigenvalue weighted by Gasteiger charge is 2.38. The molecule has 3 heterocycles. The molecule has 0 atom stereocenters. The highest BCUT2D eigenvalue weighted by molar-refractivity contribution is 6.35. The summed E-state index contributed by atoms with van der Waals surface area (Å²) in [6, 6.07) is 5.37. The quantitative estimate of drug-likeness (QED) is 0.407. The van der Waals surface area contributed by atoms with Crippen LogP contribution in [0.2, 0.25) is 5.02 Å². The Labute approximate surface area is 171 Å². The first-order valence-corrected chi connectivity index (χ1v) is 8.92. The van der Waals surface area contributed by atoms with E-state index in [1.807, 2.05) is 0 Å². The van der Waals surface area contributed by atoms with Crippen LogP contribution in [0.3, 0.4) is 0 Å². The van der Waals surface area contributed by atoms with Gasteiger partial charge in [0.15, 0.2) is 5.69 Å². The van der Waals surface area contributed by atoms with E-state index in [1.165, 1.54) is 12.1 Å². The van der Waals surface area contributed by atoms with E-state index in [1.54, 1.807) is 18.5 Å². The van der Waals surface area contributed by atoms with Gasteiger partial charge in [0, 0.05) is 24.2 Å². The number of hydrogen-bond acceptors (Lipinski definition) is 5. The molecule has 0 radical (unpaired) electrons. The van der Waals surface area contributed by atoms with Crippen LogP contribution < -0.4 is 11.5 Å². The monoisotopic (exact) mass is 436 g/mol. The number of benzene rings is 1. The Morgan fingerprint density at radius 3 is 2.53 bits per heavy atom. The Hall–Kier alpha value is -3.40. The molecule has 6 nitrogen and oxygen atoms in total. The van der Waals surface area contributed by atoms with Gasteiger partial charge in [0.05, 0.1) is 10.6 Å². The number of H-pyrrole nitrogens is 1. The molecule has 0 unspecified atom stereocenters. The first-order chi connectivity index (χ1) is 14.1. The molecule has 0 saturated carbocycles. The summed E-state index contributed by atoms with van der Waals surface area (Å²) in [5.41, 5.74) is 10.5. The lowest BCUT2D eigenvalue weighted by atomic mass is 9.98. The summed E-state index contributed by atoms with van der Waals surface area (Å²) in [7, 11) is 0. The average Bonchev–Trinajstić information content (AvgIpc) is 3.04. The maximum atomic E-state index is 14.8. The van der Waals surface area contributed by atoms with Crippen molar-refractivity contribution >= 4 is 34.4 Å². The Morgan fingerprint density at radius 1 is 1.07 bits per heavy atom. The molecule has 11 heteroatoms. The number of aromatic nitrogens is 4. The number of anilines is 2. The van der Waals surface area contributed by atoms with Crippen LogP contribution in [0.1, 0.15) is 16.8 Å². The number of pyridine rings is 1. The van der Waals surface area contributed by atoms with E-state index in [-0.39, 0.29) is 17.5 Å². The van der Waals surface area contributed by atoms with Crippen molar-refractivity contribution in [3.05, 3.63) is 64.3 Å². The van der Waals surface area contributed by atoms with Gasteiger partial charge in [0.25, 0.3) is 0 Å².